The van der Waals surface area contributed by atoms with Gasteiger partial charge in [-0.25, -0.2) is 4.79 Å². The predicted octanol–water partition coefficient (Wildman–Crippen LogP) is 3.01. The summed E-state index contributed by atoms with van der Waals surface area (Å²) in [5, 5.41) is 2.87. The van der Waals surface area contributed by atoms with Crippen LogP contribution in [0, 0.1) is 0 Å². The number of carbonyl (C=O) groups is 3. The van der Waals surface area contributed by atoms with Gasteiger partial charge in [-0.1, -0.05) is 6.92 Å². The molecule has 1 unspecified atom stereocenters. The third-order valence-corrected chi connectivity index (χ3v) is 3.69. The fourth-order valence-corrected chi connectivity index (χ4v) is 2.28. The van der Waals surface area contributed by atoms with Crippen LogP contribution in [0.1, 0.15) is 37.6 Å². The van der Waals surface area contributed by atoms with E-state index in [-0.39, 0.29) is 11.4 Å². The van der Waals surface area contributed by atoms with Crippen molar-refractivity contribution >= 4 is 23.2 Å². The van der Waals surface area contributed by atoms with Crippen LogP contribution < -0.4 is 5.32 Å². The van der Waals surface area contributed by atoms with Gasteiger partial charge in [0.25, 0.3) is 0 Å². The summed E-state index contributed by atoms with van der Waals surface area (Å²) in [7, 11) is 0. The van der Waals surface area contributed by atoms with Gasteiger partial charge in [0.1, 0.15) is 17.4 Å². The second-order valence-corrected chi connectivity index (χ2v) is 5.46. The third-order valence-electron chi connectivity index (χ3n) is 3.69. The number of carbonyl (C=O) groups excluding carboxylic acids is 3. The number of allylic oxidation sites excluding steroid dienone is 2. The van der Waals surface area contributed by atoms with Crippen LogP contribution in [-0.2, 0) is 19.1 Å². The topological polar surface area (TPSA) is 81.7 Å². The Morgan fingerprint density at radius 3 is 2.48 bits per heavy atom. The number of esters is 1. The monoisotopic (exact) mass is 343 g/mol. The zero-order valence-corrected chi connectivity index (χ0v) is 14.5. The Balaban J connectivity index is 2.07. The Bertz CT molecular complexity index is 731. The van der Waals surface area contributed by atoms with Crippen LogP contribution >= 0.6 is 0 Å². The lowest BCUT2D eigenvalue weighted by Gasteiger charge is -2.14. The first-order chi connectivity index (χ1) is 12.0. The van der Waals surface area contributed by atoms with Crippen LogP contribution in [0.4, 0.5) is 5.69 Å². The molecule has 0 saturated heterocycles. The fourth-order valence-electron chi connectivity index (χ4n) is 2.28. The largest absolute Gasteiger partial charge is 0.427 e. The van der Waals surface area contributed by atoms with Gasteiger partial charge in [-0.15, -0.1) is 0 Å². The molecule has 0 amide bonds. The summed E-state index contributed by atoms with van der Waals surface area (Å²) in [6.45, 7) is 5.81. The van der Waals surface area contributed by atoms with Gasteiger partial charge in [-0.05, 0) is 38.1 Å². The SMILES string of the molecule is CCOC(C)C(=O)c1ccc(NC=C2C(=O)C=C(CC)OC2=O)cc1. The van der Waals surface area contributed by atoms with E-state index in [0.29, 0.717) is 30.0 Å². The Hall–Kier alpha value is -2.73. The fraction of sp³-hybridized carbons (Fsp3) is 0.316. The summed E-state index contributed by atoms with van der Waals surface area (Å²) in [6, 6.07) is 6.70. The molecule has 1 aromatic carbocycles. The number of rotatable bonds is 7. The summed E-state index contributed by atoms with van der Waals surface area (Å²) < 4.78 is 10.3. The molecule has 0 bridgehead atoms. The molecule has 6 heteroatoms. The lowest BCUT2D eigenvalue weighted by Crippen LogP contribution is -2.21. The second-order valence-electron chi connectivity index (χ2n) is 5.46. The van der Waals surface area contributed by atoms with E-state index < -0.39 is 17.9 Å². The summed E-state index contributed by atoms with van der Waals surface area (Å²) in [5.41, 5.74) is 1.10. The van der Waals surface area contributed by atoms with E-state index in [1.165, 1.54) is 12.3 Å². The van der Waals surface area contributed by atoms with Crippen molar-refractivity contribution in [2.24, 2.45) is 0 Å². The number of hydrogen-bond acceptors (Lipinski definition) is 6. The number of ether oxygens (including phenoxy) is 2. The minimum atomic E-state index is -0.672. The van der Waals surface area contributed by atoms with E-state index in [1.807, 2.05) is 6.92 Å². The molecular formula is C19H21NO5. The zero-order chi connectivity index (χ0) is 18.4. The predicted molar refractivity (Wildman–Crippen MR) is 93.0 cm³/mol. The Morgan fingerprint density at radius 1 is 1.24 bits per heavy atom. The minimum absolute atomic E-state index is 0.0673. The molecule has 1 aromatic rings. The molecule has 1 N–H and O–H groups in total. The lowest BCUT2D eigenvalue weighted by molar-refractivity contribution is -0.137. The molecule has 0 saturated carbocycles. The highest BCUT2D eigenvalue weighted by molar-refractivity contribution is 6.23. The van der Waals surface area contributed by atoms with Gasteiger partial charge in [0.2, 0.25) is 0 Å². The maximum Gasteiger partial charge on any atom is 0.348 e. The van der Waals surface area contributed by atoms with Crippen LogP contribution in [0.5, 0.6) is 0 Å². The van der Waals surface area contributed by atoms with Crippen molar-refractivity contribution in [1.82, 2.24) is 0 Å². The maximum absolute atomic E-state index is 12.1. The van der Waals surface area contributed by atoms with Crippen molar-refractivity contribution in [3.63, 3.8) is 0 Å². The molecular weight excluding hydrogens is 322 g/mol. The summed E-state index contributed by atoms with van der Waals surface area (Å²) in [4.78, 5) is 35.9. The van der Waals surface area contributed by atoms with E-state index in [9.17, 15) is 14.4 Å². The van der Waals surface area contributed by atoms with E-state index in [0.717, 1.165) is 0 Å². The van der Waals surface area contributed by atoms with Crippen LogP contribution in [0.25, 0.3) is 0 Å². The van der Waals surface area contributed by atoms with E-state index in [2.05, 4.69) is 5.32 Å². The Labute approximate surface area is 146 Å². The number of hydrogen-bond donors (Lipinski definition) is 1. The summed E-state index contributed by atoms with van der Waals surface area (Å²) >= 11 is 0. The molecule has 0 spiro atoms. The molecule has 132 valence electrons. The van der Waals surface area contributed by atoms with Crippen molar-refractivity contribution < 1.29 is 23.9 Å². The van der Waals surface area contributed by atoms with Gasteiger partial charge < -0.3 is 14.8 Å². The average Bonchev–Trinajstić information content (AvgIpc) is 2.61. The van der Waals surface area contributed by atoms with Crippen molar-refractivity contribution in [3.8, 4) is 0 Å². The first-order valence-electron chi connectivity index (χ1n) is 8.15. The first-order valence-corrected chi connectivity index (χ1v) is 8.15. The van der Waals surface area contributed by atoms with Crippen LogP contribution in [0.15, 0.2) is 47.9 Å². The molecule has 1 aliphatic heterocycles. The highest BCUT2D eigenvalue weighted by atomic mass is 16.5. The Morgan fingerprint density at radius 2 is 1.92 bits per heavy atom. The van der Waals surface area contributed by atoms with Crippen molar-refractivity contribution in [2.75, 3.05) is 11.9 Å². The molecule has 0 radical (unpaired) electrons. The number of benzene rings is 1. The molecule has 0 aromatic heterocycles. The number of ketones is 2. The standard InChI is InChI=1S/C19H21NO5/c1-4-15-10-17(21)16(19(23)25-15)11-20-14-8-6-13(7-9-14)18(22)12(3)24-5-2/h6-12,20H,4-5H2,1-3H3. The molecule has 0 aliphatic carbocycles. The molecule has 1 aliphatic rings. The average molecular weight is 343 g/mol. The van der Waals surface area contributed by atoms with E-state index >= 15 is 0 Å². The number of Topliss-reactive ketones (excluding diaryl/α,β-unsaturated/α-hetero) is 1. The third kappa shape index (κ3) is 4.64. The van der Waals surface area contributed by atoms with Gasteiger partial charge in [-0.3, -0.25) is 9.59 Å². The molecule has 25 heavy (non-hydrogen) atoms. The van der Waals surface area contributed by atoms with Crippen molar-refractivity contribution in [1.29, 1.82) is 0 Å². The number of cyclic esters (lactones) is 1. The molecule has 1 atom stereocenters. The lowest BCUT2D eigenvalue weighted by atomic mass is 10.1. The Kier molecular flexibility index (Phi) is 6.25. The van der Waals surface area contributed by atoms with Gasteiger partial charge in [-0.2, -0.15) is 0 Å². The highest BCUT2D eigenvalue weighted by Gasteiger charge is 2.25. The normalized spacial score (nSPS) is 17.1. The van der Waals surface area contributed by atoms with E-state index in [1.54, 1.807) is 38.1 Å². The second kappa shape index (κ2) is 8.39. The minimum Gasteiger partial charge on any atom is -0.427 e. The zero-order valence-electron chi connectivity index (χ0n) is 14.5. The smallest absolute Gasteiger partial charge is 0.348 e. The first kappa shape index (κ1) is 18.6. The van der Waals surface area contributed by atoms with Gasteiger partial charge in [0.05, 0.1) is 0 Å². The van der Waals surface area contributed by atoms with Crippen molar-refractivity contribution in [2.45, 2.75) is 33.3 Å². The van der Waals surface area contributed by atoms with Crippen molar-refractivity contribution in [3.05, 3.63) is 53.4 Å². The number of nitrogens with one attached hydrogen (secondary N) is 1. The summed E-state index contributed by atoms with van der Waals surface area (Å²) in [6.07, 6.45) is 2.60. The number of anilines is 1. The van der Waals surface area contributed by atoms with Gasteiger partial charge in [0, 0.05) is 36.6 Å². The quantitative estimate of drug-likeness (QED) is 0.355. The molecule has 2 rings (SSSR count). The summed E-state index contributed by atoms with van der Waals surface area (Å²) in [5.74, 6) is -0.805. The molecule has 1 heterocycles. The molecule has 0 fully saturated rings. The highest BCUT2D eigenvalue weighted by Crippen LogP contribution is 2.18. The van der Waals surface area contributed by atoms with E-state index in [4.69, 9.17) is 9.47 Å². The van der Waals surface area contributed by atoms with Crippen LogP contribution in [-0.4, -0.2) is 30.2 Å². The van der Waals surface area contributed by atoms with Gasteiger partial charge >= 0.3 is 5.97 Å². The van der Waals surface area contributed by atoms with Crippen LogP contribution in [0.2, 0.25) is 0 Å². The maximum atomic E-state index is 12.1. The van der Waals surface area contributed by atoms with Gasteiger partial charge in [0.15, 0.2) is 11.6 Å². The van der Waals surface area contributed by atoms with Crippen LogP contribution in [0.3, 0.4) is 0 Å². The molecule has 6 nitrogen and oxygen atoms in total.